The van der Waals surface area contributed by atoms with Gasteiger partial charge in [0.1, 0.15) is 12.1 Å². The molecule has 10 nitrogen and oxygen atoms in total. The van der Waals surface area contributed by atoms with Crippen LogP contribution in [0.25, 0.3) is 0 Å². The summed E-state index contributed by atoms with van der Waals surface area (Å²) in [6, 6.07) is -1.65. The third-order valence-electron chi connectivity index (χ3n) is 8.18. The average molecular weight is 536 g/mol. The highest BCUT2D eigenvalue weighted by atomic mass is 16.6. The SMILES string of the molecule is CC[C@@H](C)C(=O)N[C@H](C(=O)N1CC[C@@H]2[C@H]1[C@@H](OC(=O)NC1CCCCC1)CN2C(=O)NC(C)C)C(C)(C)C. The van der Waals surface area contributed by atoms with Gasteiger partial charge in [-0.25, -0.2) is 9.59 Å². The molecule has 1 saturated carbocycles. The summed E-state index contributed by atoms with van der Waals surface area (Å²) >= 11 is 0. The maximum absolute atomic E-state index is 14.0. The molecule has 1 aliphatic carbocycles. The second-order valence-corrected chi connectivity index (χ2v) is 12.7. The van der Waals surface area contributed by atoms with E-state index in [1.54, 1.807) is 9.80 Å². The molecule has 0 radical (unpaired) electrons. The molecule has 3 N–H and O–H groups in total. The van der Waals surface area contributed by atoms with Crippen molar-refractivity contribution < 1.29 is 23.9 Å². The normalized spacial score (nSPS) is 25.5. The standard InChI is InChI=1S/C28H49N5O5/c1-8-18(4)24(34)31-23(28(5,6)7)25(35)32-15-14-20-22(32)21(16-33(20)26(36)29-17(2)3)38-27(37)30-19-12-10-9-11-13-19/h17-23H,8-16H2,1-7H3,(H,29,36)(H,30,37)(H,31,34)/t18-,20-,21+,22+,23-/m1/s1. The molecular weight excluding hydrogens is 486 g/mol. The molecule has 0 unspecified atom stereocenters. The van der Waals surface area contributed by atoms with E-state index in [-0.39, 0.29) is 48.4 Å². The van der Waals surface area contributed by atoms with Gasteiger partial charge in [-0.05, 0) is 44.9 Å². The van der Waals surface area contributed by atoms with Crippen LogP contribution in [0.1, 0.15) is 93.4 Å². The number of likely N-dealkylation sites (tertiary alicyclic amines) is 2. The zero-order valence-electron chi connectivity index (χ0n) is 24.3. The van der Waals surface area contributed by atoms with Gasteiger partial charge in [0.2, 0.25) is 11.8 Å². The number of carbonyl (C=O) groups excluding carboxylic acids is 4. The lowest BCUT2D eigenvalue weighted by Crippen LogP contribution is -2.58. The molecule has 3 fully saturated rings. The third kappa shape index (κ3) is 7.11. The molecule has 38 heavy (non-hydrogen) atoms. The molecule has 3 aliphatic rings. The Bertz CT molecular complexity index is 866. The molecule has 0 aromatic carbocycles. The summed E-state index contributed by atoms with van der Waals surface area (Å²) in [5.41, 5.74) is -0.527. The van der Waals surface area contributed by atoms with Crippen LogP contribution in [0.2, 0.25) is 0 Å². The Hall–Kier alpha value is -2.52. The molecule has 5 atom stereocenters. The van der Waals surface area contributed by atoms with Crippen molar-refractivity contribution in [1.82, 2.24) is 25.8 Å². The van der Waals surface area contributed by atoms with Crippen molar-refractivity contribution in [2.75, 3.05) is 13.1 Å². The van der Waals surface area contributed by atoms with Gasteiger partial charge in [-0.3, -0.25) is 9.59 Å². The highest BCUT2D eigenvalue weighted by Gasteiger charge is 2.55. The van der Waals surface area contributed by atoms with Crippen molar-refractivity contribution in [3.8, 4) is 0 Å². The first-order valence-corrected chi connectivity index (χ1v) is 14.5. The summed E-state index contributed by atoms with van der Waals surface area (Å²) in [6.45, 7) is 14.0. The average Bonchev–Trinajstić information content (AvgIpc) is 3.42. The van der Waals surface area contributed by atoms with Crippen LogP contribution in [0, 0.1) is 11.3 Å². The minimum atomic E-state index is -0.738. The van der Waals surface area contributed by atoms with Gasteiger partial charge in [-0.1, -0.05) is 53.9 Å². The molecule has 216 valence electrons. The molecule has 3 rings (SSSR count). The Balaban J connectivity index is 1.82. The van der Waals surface area contributed by atoms with Crippen LogP contribution < -0.4 is 16.0 Å². The highest BCUT2D eigenvalue weighted by Crippen LogP contribution is 2.36. The number of urea groups is 1. The summed E-state index contributed by atoms with van der Waals surface area (Å²) in [4.78, 5) is 56.3. The van der Waals surface area contributed by atoms with E-state index in [0.29, 0.717) is 19.4 Å². The number of nitrogens with one attached hydrogen (secondary N) is 3. The van der Waals surface area contributed by atoms with E-state index < -0.39 is 29.7 Å². The first-order chi connectivity index (χ1) is 17.8. The molecule has 10 heteroatoms. The van der Waals surface area contributed by atoms with E-state index in [4.69, 9.17) is 4.74 Å². The van der Waals surface area contributed by atoms with E-state index in [2.05, 4.69) is 16.0 Å². The van der Waals surface area contributed by atoms with Crippen molar-refractivity contribution >= 4 is 23.9 Å². The number of amides is 5. The Morgan fingerprint density at radius 2 is 1.61 bits per heavy atom. The van der Waals surface area contributed by atoms with Gasteiger partial charge in [0, 0.05) is 24.5 Å². The molecule has 0 aromatic heterocycles. The van der Waals surface area contributed by atoms with Crippen molar-refractivity contribution in [3.05, 3.63) is 0 Å². The first-order valence-electron chi connectivity index (χ1n) is 14.5. The largest absolute Gasteiger partial charge is 0.442 e. The smallest absolute Gasteiger partial charge is 0.407 e. The molecule has 2 saturated heterocycles. The number of ether oxygens (including phenoxy) is 1. The molecule has 0 spiro atoms. The molecule has 2 heterocycles. The summed E-state index contributed by atoms with van der Waals surface area (Å²) in [6.07, 6.45) is 5.33. The molecule has 2 aliphatic heterocycles. The van der Waals surface area contributed by atoms with E-state index in [0.717, 1.165) is 25.7 Å². The Morgan fingerprint density at radius 3 is 2.18 bits per heavy atom. The quantitative estimate of drug-likeness (QED) is 0.462. The number of alkyl carbamates (subject to hydrolysis) is 1. The number of fused-ring (bicyclic) bond motifs is 1. The summed E-state index contributed by atoms with van der Waals surface area (Å²) in [5, 5.41) is 8.93. The van der Waals surface area contributed by atoms with E-state index in [1.807, 2.05) is 48.5 Å². The predicted molar refractivity (Wildman–Crippen MR) is 145 cm³/mol. The van der Waals surface area contributed by atoms with Gasteiger partial charge in [0.15, 0.2) is 0 Å². The molecule has 5 amide bonds. The van der Waals surface area contributed by atoms with Gasteiger partial charge in [-0.2, -0.15) is 0 Å². The van der Waals surface area contributed by atoms with Gasteiger partial charge in [-0.15, -0.1) is 0 Å². The van der Waals surface area contributed by atoms with Gasteiger partial charge in [0.05, 0.1) is 18.6 Å². The maximum atomic E-state index is 14.0. The van der Waals surface area contributed by atoms with Crippen molar-refractivity contribution in [2.24, 2.45) is 11.3 Å². The van der Waals surface area contributed by atoms with Crippen molar-refractivity contribution in [2.45, 2.75) is 130 Å². The zero-order valence-corrected chi connectivity index (χ0v) is 24.3. The van der Waals surface area contributed by atoms with Crippen molar-refractivity contribution in [3.63, 3.8) is 0 Å². The lowest BCUT2D eigenvalue weighted by molar-refractivity contribution is -0.142. The van der Waals surface area contributed by atoms with Crippen LogP contribution in [0.15, 0.2) is 0 Å². The number of hydrogen-bond acceptors (Lipinski definition) is 5. The zero-order chi connectivity index (χ0) is 28.2. The fourth-order valence-corrected chi connectivity index (χ4v) is 5.82. The summed E-state index contributed by atoms with van der Waals surface area (Å²) in [5.74, 6) is -0.560. The van der Waals surface area contributed by atoms with Gasteiger partial charge < -0.3 is 30.5 Å². The Kier molecular flexibility index (Phi) is 9.92. The minimum absolute atomic E-state index is 0.0457. The maximum Gasteiger partial charge on any atom is 0.407 e. The first kappa shape index (κ1) is 30.0. The fourth-order valence-electron chi connectivity index (χ4n) is 5.82. The summed E-state index contributed by atoms with van der Waals surface area (Å²) in [7, 11) is 0. The molecular formula is C28H49N5O5. The second-order valence-electron chi connectivity index (χ2n) is 12.7. The number of nitrogens with zero attached hydrogens (tertiary/aromatic N) is 2. The van der Waals surface area contributed by atoms with Gasteiger partial charge >= 0.3 is 12.1 Å². The second kappa shape index (κ2) is 12.6. The van der Waals surface area contributed by atoms with Crippen LogP contribution >= 0.6 is 0 Å². The third-order valence-corrected chi connectivity index (χ3v) is 8.18. The van der Waals surface area contributed by atoms with E-state index >= 15 is 0 Å². The van der Waals surface area contributed by atoms with Crippen LogP contribution in [0.3, 0.4) is 0 Å². The van der Waals surface area contributed by atoms with Crippen LogP contribution in [0.4, 0.5) is 9.59 Å². The van der Waals surface area contributed by atoms with E-state index in [1.165, 1.54) is 6.42 Å². The van der Waals surface area contributed by atoms with Crippen molar-refractivity contribution in [1.29, 1.82) is 0 Å². The number of rotatable bonds is 7. The lowest BCUT2D eigenvalue weighted by atomic mass is 9.85. The Labute approximate surface area is 228 Å². The number of hydrogen-bond donors (Lipinski definition) is 3. The lowest BCUT2D eigenvalue weighted by Gasteiger charge is -2.37. The van der Waals surface area contributed by atoms with E-state index in [9.17, 15) is 19.2 Å². The monoisotopic (exact) mass is 535 g/mol. The Morgan fingerprint density at radius 1 is 0.947 bits per heavy atom. The highest BCUT2D eigenvalue weighted by molar-refractivity contribution is 5.89. The molecule has 0 bridgehead atoms. The number of carbonyl (C=O) groups is 4. The summed E-state index contributed by atoms with van der Waals surface area (Å²) < 4.78 is 5.94. The van der Waals surface area contributed by atoms with Crippen LogP contribution in [0.5, 0.6) is 0 Å². The van der Waals surface area contributed by atoms with Crippen LogP contribution in [-0.2, 0) is 14.3 Å². The molecule has 0 aromatic rings. The minimum Gasteiger partial charge on any atom is -0.442 e. The fraction of sp³-hybridized carbons (Fsp3) is 0.857. The topological polar surface area (TPSA) is 120 Å². The van der Waals surface area contributed by atoms with Gasteiger partial charge in [0.25, 0.3) is 0 Å². The predicted octanol–water partition coefficient (Wildman–Crippen LogP) is 3.39. The van der Waals surface area contributed by atoms with Crippen LogP contribution in [-0.4, -0.2) is 83.1 Å².